The van der Waals surface area contributed by atoms with E-state index in [1.54, 1.807) is 12.1 Å². The Bertz CT molecular complexity index is 1240. The zero-order chi connectivity index (χ0) is 28.5. The summed E-state index contributed by atoms with van der Waals surface area (Å²) in [4.78, 5) is 30.8. The molecular formula is C33H39ClFN3O2. The van der Waals surface area contributed by atoms with Crippen LogP contribution in [-0.4, -0.2) is 40.7 Å². The van der Waals surface area contributed by atoms with Crippen LogP contribution in [0.3, 0.4) is 0 Å². The van der Waals surface area contributed by atoms with E-state index in [0.717, 1.165) is 61.5 Å². The van der Waals surface area contributed by atoms with Gasteiger partial charge in [0.1, 0.15) is 5.82 Å². The molecule has 1 fully saturated rings. The largest absolute Gasteiger partial charge is 0.348 e. The van der Waals surface area contributed by atoms with E-state index < -0.39 is 0 Å². The molecule has 2 amide bonds. The smallest absolute Gasteiger partial charge is 0.251 e. The average Bonchev–Trinajstić information content (AvgIpc) is 2.98. The fraction of sp³-hybridized carbons (Fsp3) is 0.394. The number of carbonyl (C=O) groups excluding carboxylic acids is 2. The maximum Gasteiger partial charge on any atom is 0.251 e. The molecule has 40 heavy (non-hydrogen) atoms. The van der Waals surface area contributed by atoms with Crippen molar-refractivity contribution in [3.8, 4) is 0 Å². The van der Waals surface area contributed by atoms with Crippen molar-refractivity contribution in [1.82, 2.24) is 15.1 Å². The number of hydrogen-bond acceptors (Lipinski definition) is 3. The minimum atomic E-state index is -0.300. The van der Waals surface area contributed by atoms with E-state index in [2.05, 4.69) is 41.1 Å². The third kappa shape index (κ3) is 8.15. The highest BCUT2D eigenvalue weighted by Gasteiger charge is 2.31. The molecule has 1 aliphatic heterocycles. The third-order valence-electron chi connectivity index (χ3n) is 7.87. The highest BCUT2D eigenvalue weighted by Crippen LogP contribution is 2.25. The Balaban J connectivity index is 1.38. The quantitative estimate of drug-likeness (QED) is 0.278. The first-order valence-corrected chi connectivity index (χ1v) is 14.6. The summed E-state index contributed by atoms with van der Waals surface area (Å²) in [7, 11) is 0. The van der Waals surface area contributed by atoms with E-state index in [9.17, 15) is 14.0 Å². The highest BCUT2D eigenvalue weighted by molar-refractivity contribution is 6.30. The number of benzene rings is 3. The van der Waals surface area contributed by atoms with E-state index in [-0.39, 0.29) is 29.6 Å². The van der Waals surface area contributed by atoms with Gasteiger partial charge in [-0.05, 0) is 78.8 Å². The number of nitrogens with one attached hydrogen (secondary N) is 1. The number of carbonyl (C=O) groups is 2. The first-order valence-electron chi connectivity index (χ1n) is 14.2. The van der Waals surface area contributed by atoms with Crippen LogP contribution in [0.4, 0.5) is 4.39 Å². The molecule has 3 aromatic carbocycles. The van der Waals surface area contributed by atoms with E-state index in [1.165, 1.54) is 17.7 Å². The van der Waals surface area contributed by atoms with Crippen LogP contribution in [0.25, 0.3) is 0 Å². The molecule has 4 rings (SSSR count). The number of likely N-dealkylation sites (tertiary alicyclic amines) is 1. The van der Waals surface area contributed by atoms with Crippen molar-refractivity contribution in [2.24, 2.45) is 5.92 Å². The second-order valence-electron chi connectivity index (χ2n) is 10.6. The fourth-order valence-electron chi connectivity index (χ4n) is 5.34. The van der Waals surface area contributed by atoms with Crippen LogP contribution in [-0.2, 0) is 24.4 Å². The van der Waals surface area contributed by atoms with E-state index in [1.807, 2.05) is 36.4 Å². The number of rotatable bonds is 11. The van der Waals surface area contributed by atoms with Gasteiger partial charge in [-0.3, -0.25) is 14.5 Å². The summed E-state index contributed by atoms with van der Waals surface area (Å²) in [6, 6.07) is 21.8. The second-order valence-corrected chi connectivity index (χ2v) is 11.1. The summed E-state index contributed by atoms with van der Waals surface area (Å²) in [6.07, 6.45) is 3.52. The second kappa shape index (κ2) is 14.4. The molecular weight excluding hydrogens is 525 g/mol. The standard InChI is InChI=1S/C33H39ClFN3O2/c1-3-27(4-2)33(40)38(31-17-19-37(20-18-31)22-25-7-13-29(34)14-8-25)23-26-5-11-28(12-6-26)32(39)36-21-24-9-15-30(35)16-10-24/h5-16,27,31H,3-4,17-23H2,1-2H3,(H,36,39). The lowest BCUT2D eigenvalue weighted by molar-refractivity contribution is -0.140. The fourth-order valence-corrected chi connectivity index (χ4v) is 5.47. The predicted molar refractivity (Wildman–Crippen MR) is 158 cm³/mol. The summed E-state index contributed by atoms with van der Waals surface area (Å²) in [5.41, 5.74) is 3.65. The predicted octanol–water partition coefficient (Wildman–Crippen LogP) is 6.84. The molecule has 0 atom stereocenters. The van der Waals surface area contributed by atoms with Crippen LogP contribution in [0.2, 0.25) is 5.02 Å². The van der Waals surface area contributed by atoms with Gasteiger partial charge >= 0.3 is 0 Å². The van der Waals surface area contributed by atoms with Crippen LogP contribution in [0, 0.1) is 11.7 Å². The van der Waals surface area contributed by atoms with Crippen molar-refractivity contribution in [2.75, 3.05) is 13.1 Å². The van der Waals surface area contributed by atoms with E-state index in [0.29, 0.717) is 18.7 Å². The summed E-state index contributed by atoms with van der Waals surface area (Å²) >= 11 is 6.04. The molecule has 0 spiro atoms. The molecule has 1 saturated heterocycles. The van der Waals surface area contributed by atoms with Crippen LogP contribution < -0.4 is 5.32 Å². The van der Waals surface area contributed by atoms with E-state index in [4.69, 9.17) is 11.6 Å². The minimum absolute atomic E-state index is 0.0172. The molecule has 212 valence electrons. The summed E-state index contributed by atoms with van der Waals surface area (Å²) in [5.74, 6) is -0.245. The Kier molecular flexibility index (Phi) is 10.7. The lowest BCUT2D eigenvalue weighted by Gasteiger charge is -2.40. The number of amides is 2. The molecule has 1 aliphatic rings. The minimum Gasteiger partial charge on any atom is -0.348 e. The SMILES string of the molecule is CCC(CC)C(=O)N(Cc1ccc(C(=O)NCc2ccc(F)cc2)cc1)C1CCN(Cc2ccc(Cl)cc2)CC1. The Morgan fingerprint density at radius 3 is 2.08 bits per heavy atom. The van der Waals surface area contributed by atoms with Crippen molar-refractivity contribution in [1.29, 1.82) is 0 Å². The Hall–Kier alpha value is -3.22. The molecule has 0 saturated carbocycles. The molecule has 0 radical (unpaired) electrons. The van der Waals surface area contributed by atoms with Gasteiger partial charge in [0.25, 0.3) is 5.91 Å². The highest BCUT2D eigenvalue weighted by atomic mass is 35.5. The van der Waals surface area contributed by atoms with Gasteiger partial charge in [-0.2, -0.15) is 0 Å². The van der Waals surface area contributed by atoms with Gasteiger partial charge in [-0.1, -0.05) is 61.8 Å². The lowest BCUT2D eigenvalue weighted by atomic mass is 9.96. The Morgan fingerprint density at radius 2 is 1.48 bits per heavy atom. The topological polar surface area (TPSA) is 52.7 Å². The molecule has 0 aliphatic carbocycles. The van der Waals surface area contributed by atoms with Crippen LogP contribution >= 0.6 is 11.6 Å². The molecule has 7 heteroatoms. The molecule has 0 aromatic heterocycles. The van der Waals surface area contributed by atoms with Gasteiger partial charge in [0.15, 0.2) is 0 Å². The maximum atomic E-state index is 13.6. The van der Waals surface area contributed by atoms with Crippen molar-refractivity contribution in [3.63, 3.8) is 0 Å². The van der Waals surface area contributed by atoms with Gasteiger partial charge in [0, 0.05) is 55.3 Å². The Labute approximate surface area is 242 Å². The molecule has 1 N–H and O–H groups in total. The van der Waals surface area contributed by atoms with Crippen LogP contribution in [0.15, 0.2) is 72.8 Å². The lowest BCUT2D eigenvalue weighted by Crippen LogP contribution is -2.48. The van der Waals surface area contributed by atoms with Gasteiger partial charge in [0.2, 0.25) is 5.91 Å². The molecule has 1 heterocycles. The van der Waals surface area contributed by atoms with Crippen molar-refractivity contribution in [2.45, 2.75) is 65.2 Å². The number of halogens is 2. The molecule has 5 nitrogen and oxygen atoms in total. The first kappa shape index (κ1) is 29.8. The van der Waals surface area contributed by atoms with E-state index >= 15 is 0 Å². The normalized spacial score (nSPS) is 14.3. The van der Waals surface area contributed by atoms with Crippen molar-refractivity contribution < 1.29 is 14.0 Å². The van der Waals surface area contributed by atoms with Crippen LogP contribution in [0.5, 0.6) is 0 Å². The average molecular weight is 564 g/mol. The van der Waals surface area contributed by atoms with Gasteiger partial charge < -0.3 is 10.2 Å². The molecule has 0 bridgehead atoms. The van der Waals surface area contributed by atoms with Gasteiger partial charge in [0.05, 0.1) is 0 Å². The summed E-state index contributed by atoms with van der Waals surface area (Å²) in [5, 5.41) is 3.63. The van der Waals surface area contributed by atoms with Crippen molar-refractivity contribution >= 4 is 23.4 Å². The Morgan fingerprint density at radius 1 is 0.900 bits per heavy atom. The number of hydrogen-bond donors (Lipinski definition) is 1. The maximum absolute atomic E-state index is 13.6. The summed E-state index contributed by atoms with van der Waals surface area (Å²) < 4.78 is 13.1. The first-order chi connectivity index (χ1) is 19.4. The van der Waals surface area contributed by atoms with Crippen molar-refractivity contribution in [3.05, 3.63) is 106 Å². The third-order valence-corrected chi connectivity index (χ3v) is 8.12. The molecule has 0 unspecified atom stereocenters. The zero-order valence-electron chi connectivity index (χ0n) is 23.4. The number of nitrogens with zero attached hydrogens (tertiary/aromatic N) is 2. The van der Waals surface area contributed by atoms with Crippen LogP contribution in [0.1, 0.15) is 66.6 Å². The number of piperidine rings is 1. The van der Waals surface area contributed by atoms with Gasteiger partial charge in [-0.25, -0.2) is 4.39 Å². The summed E-state index contributed by atoms with van der Waals surface area (Å²) in [6.45, 7) is 7.79. The zero-order valence-corrected chi connectivity index (χ0v) is 24.2. The molecule has 3 aromatic rings. The van der Waals surface area contributed by atoms with Gasteiger partial charge in [-0.15, -0.1) is 0 Å². The monoisotopic (exact) mass is 563 g/mol.